The lowest BCUT2D eigenvalue weighted by molar-refractivity contribution is -0.0160. The maximum atomic E-state index is 10.3. The third-order valence-corrected chi connectivity index (χ3v) is 11.2. The van der Waals surface area contributed by atoms with Crippen molar-refractivity contribution in [2.24, 2.45) is 52.3 Å². The first-order valence-electron chi connectivity index (χ1n) is 13.6. The van der Waals surface area contributed by atoms with Gasteiger partial charge in [0.05, 0.1) is 6.10 Å². The lowest BCUT2D eigenvalue weighted by Gasteiger charge is -2.57. The molecule has 0 bridgehead atoms. The molecule has 0 amide bonds. The largest absolute Gasteiger partial charge is 0.393 e. The fourth-order valence-corrected chi connectivity index (χ4v) is 9.16. The molecular formula is C29H50O. The number of allylic oxidation sites excluding steroid dienone is 2. The number of fused-ring (bicyclic) bond motifs is 5. The average Bonchev–Trinajstić information content (AvgIpc) is 3.06. The molecule has 1 N–H and O–H groups in total. The molecule has 2 unspecified atom stereocenters. The fraction of sp³-hybridized carbons (Fsp3) is 0.931. The molecule has 172 valence electrons. The molecule has 4 aliphatic rings. The van der Waals surface area contributed by atoms with Gasteiger partial charge in [0.1, 0.15) is 0 Å². The third-order valence-electron chi connectivity index (χ3n) is 11.2. The molecule has 4 aliphatic carbocycles. The van der Waals surface area contributed by atoms with Gasteiger partial charge >= 0.3 is 0 Å². The van der Waals surface area contributed by atoms with Crippen molar-refractivity contribution in [3.8, 4) is 0 Å². The van der Waals surface area contributed by atoms with Crippen molar-refractivity contribution in [2.45, 2.75) is 118 Å². The molecule has 0 aromatic rings. The summed E-state index contributed by atoms with van der Waals surface area (Å²) in [5, 5.41) is 10.3. The predicted molar refractivity (Wildman–Crippen MR) is 128 cm³/mol. The zero-order valence-electron chi connectivity index (χ0n) is 20.9. The first kappa shape index (κ1) is 22.9. The van der Waals surface area contributed by atoms with E-state index in [4.69, 9.17) is 0 Å². The quantitative estimate of drug-likeness (QED) is 0.436. The maximum Gasteiger partial charge on any atom is 0.0543 e. The van der Waals surface area contributed by atoms with Crippen LogP contribution in [0.15, 0.2) is 11.6 Å². The van der Waals surface area contributed by atoms with E-state index in [-0.39, 0.29) is 6.10 Å². The molecule has 0 radical (unpaired) electrons. The van der Waals surface area contributed by atoms with Crippen LogP contribution in [-0.4, -0.2) is 11.2 Å². The lowest BCUT2D eigenvalue weighted by Crippen LogP contribution is -2.48. The van der Waals surface area contributed by atoms with Crippen molar-refractivity contribution in [1.29, 1.82) is 0 Å². The van der Waals surface area contributed by atoms with E-state index in [1.807, 2.05) is 5.57 Å². The van der Waals surface area contributed by atoms with Crippen LogP contribution in [0.5, 0.6) is 0 Å². The first-order chi connectivity index (χ1) is 14.2. The van der Waals surface area contributed by atoms with Gasteiger partial charge in [-0.1, -0.05) is 66.0 Å². The van der Waals surface area contributed by atoms with E-state index >= 15 is 0 Å². The Kier molecular flexibility index (Phi) is 6.53. The molecule has 0 saturated heterocycles. The molecule has 1 heteroatoms. The highest BCUT2D eigenvalue weighted by atomic mass is 16.3. The summed E-state index contributed by atoms with van der Waals surface area (Å²) in [7, 11) is 0. The first-order valence-corrected chi connectivity index (χ1v) is 13.6. The van der Waals surface area contributed by atoms with Gasteiger partial charge < -0.3 is 5.11 Å². The summed E-state index contributed by atoms with van der Waals surface area (Å²) in [5.74, 6) is 6.03. The predicted octanol–water partition coefficient (Wildman–Crippen LogP) is 8.02. The summed E-state index contributed by atoms with van der Waals surface area (Å²) in [6.45, 7) is 15.1. The van der Waals surface area contributed by atoms with Crippen LogP contribution in [0, 0.1) is 52.3 Å². The van der Waals surface area contributed by atoms with Gasteiger partial charge in [-0.15, -0.1) is 0 Å². The Morgan fingerprint density at radius 1 is 1.03 bits per heavy atom. The van der Waals surface area contributed by atoms with E-state index in [0.717, 1.165) is 54.3 Å². The van der Waals surface area contributed by atoms with Gasteiger partial charge in [-0.2, -0.15) is 0 Å². The maximum absolute atomic E-state index is 10.3. The second kappa shape index (κ2) is 8.57. The Balaban J connectivity index is 1.49. The van der Waals surface area contributed by atoms with Crippen molar-refractivity contribution in [1.82, 2.24) is 0 Å². The van der Waals surface area contributed by atoms with Gasteiger partial charge in [0.2, 0.25) is 0 Å². The number of rotatable bonds is 6. The van der Waals surface area contributed by atoms with E-state index in [9.17, 15) is 5.11 Å². The van der Waals surface area contributed by atoms with Gasteiger partial charge in [-0.05, 0) is 110 Å². The molecule has 0 heterocycles. The molecule has 0 aliphatic heterocycles. The van der Waals surface area contributed by atoms with E-state index in [1.165, 1.54) is 57.8 Å². The minimum absolute atomic E-state index is 0.0384. The highest BCUT2D eigenvalue weighted by Crippen LogP contribution is 2.66. The summed E-state index contributed by atoms with van der Waals surface area (Å²) in [6, 6.07) is 0. The van der Waals surface area contributed by atoms with Crippen LogP contribution in [0.2, 0.25) is 0 Å². The molecule has 3 fully saturated rings. The Hall–Kier alpha value is -0.300. The normalized spacial score (nSPS) is 45.3. The number of hydrogen-bond donors (Lipinski definition) is 1. The van der Waals surface area contributed by atoms with E-state index in [1.54, 1.807) is 0 Å². The Morgan fingerprint density at radius 3 is 2.50 bits per heavy atom. The summed E-state index contributed by atoms with van der Waals surface area (Å²) in [5.41, 5.74) is 2.76. The number of aliphatic hydroxyl groups is 1. The highest BCUT2D eigenvalue weighted by molar-refractivity contribution is 5.29. The second-order valence-corrected chi connectivity index (χ2v) is 12.9. The Labute approximate surface area is 187 Å². The minimum atomic E-state index is -0.0384. The van der Waals surface area contributed by atoms with E-state index in [0.29, 0.717) is 10.8 Å². The molecule has 1 nitrogen and oxygen atoms in total. The summed E-state index contributed by atoms with van der Waals surface area (Å²) >= 11 is 0. The monoisotopic (exact) mass is 414 g/mol. The van der Waals surface area contributed by atoms with Crippen molar-refractivity contribution in [3.63, 3.8) is 0 Å². The minimum Gasteiger partial charge on any atom is -0.393 e. The zero-order chi connectivity index (χ0) is 21.7. The smallest absolute Gasteiger partial charge is 0.0543 e. The molecule has 4 rings (SSSR count). The molecule has 30 heavy (non-hydrogen) atoms. The zero-order valence-corrected chi connectivity index (χ0v) is 20.9. The Bertz CT molecular complexity index is 634. The van der Waals surface area contributed by atoms with Gasteiger partial charge in [0.15, 0.2) is 0 Å². The number of aliphatic hydroxyl groups excluding tert-OH is 1. The van der Waals surface area contributed by atoms with Crippen molar-refractivity contribution in [3.05, 3.63) is 11.6 Å². The van der Waals surface area contributed by atoms with Crippen molar-refractivity contribution in [2.75, 3.05) is 0 Å². The highest BCUT2D eigenvalue weighted by Gasteiger charge is 2.57. The van der Waals surface area contributed by atoms with E-state index in [2.05, 4.69) is 47.6 Å². The van der Waals surface area contributed by atoms with Crippen LogP contribution >= 0.6 is 0 Å². The van der Waals surface area contributed by atoms with Crippen LogP contribution in [0.3, 0.4) is 0 Å². The average molecular weight is 415 g/mol. The topological polar surface area (TPSA) is 20.2 Å². The molecule has 9 atom stereocenters. The molecule has 0 aromatic carbocycles. The van der Waals surface area contributed by atoms with Crippen molar-refractivity contribution < 1.29 is 5.11 Å². The van der Waals surface area contributed by atoms with Crippen LogP contribution in [0.25, 0.3) is 0 Å². The fourth-order valence-electron chi connectivity index (χ4n) is 9.16. The molecule has 0 aromatic heterocycles. The van der Waals surface area contributed by atoms with Crippen molar-refractivity contribution >= 4 is 0 Å². The van der Waals surface area contributed by atoms with Crippen LogP contribution in [-0.2, 0) is 0 Å². The van der Waals surface area contributed by atoms with Gasteiger partial charge in [-0.25, -0.2) is 0 Å². The van der Waals surface area contributed by atoms with Gasteiger partial charge in [0, 0.05) is 0 Å². The van der Waals surface area contributed by atoms with Crippen LogP contribution < -0.4 is 0 Å². The third kappa shape index (κ3) is 3.74. The van der Waals surface area contributed by atoms with Crippen LogP contribution in [0.1, 0.15) is 112 Å². The summed E-state index contributed by atoms with van der Waals surface area (Å²) < 4.78 is 0. The lowest BCUT2D eigenvalue weighted by atomic mass is 9.48. The summed E-state index contributed by atoms with van der Waals surface area (Å²) in [4.78, 5) is 0. The van der Waals surface area contributed by atoms with E-state index < -0.39 is 0 Å². The second-order valence-electron chi connectivity index (χ2n) is 12.9. The van der Waals surface area contributed by atoms with Gasteiger partial charge in [0.25, 0.3) is 0 Å². The molecule has 0 spiro atoms. The summed E-state index contributed by atoms with van der Waals surface area (Å²) in [6.07, 6.45) is 17.2. The van der Waals surface area contributed by atoms with Gasteiger partial charge in [-0.3, -0.25) is 0 Å². The molecule has 3 saturated carbocycles. The van der Waals surface area contributed by atoms with Crippen LogP contribution in [0.4, 0.5) is 0 Å². The Morgan fingerprint density at radius 2 is 1.80 bits per heavy atom. The SMILES string of the molecule is CC[C@@H](CC[C@@H](C)[C@H]1CCC2C3CC[C@H]4C[C@@H](O)CC[C@]4(C)C3=CC[C@@]21C)C(C)C. The number of hydrogen-bond acceptors (Lipinski definition) is 1. The standard InChI is InChI=1S/C29H50O/c1-7-21(19(2)3)9-8-20(4)25-12-13-26-24-11-10-22-18-23(30)14-16-28(22,5)27(24)15-17-29(25,26)6/h15,19-26,30H,7-14,16-18H2,1-6H3/t20-,21+,22+,23+,24?,25-,26?,28+,29-/m1/s1. The molecular weight excluding hydrogens is 364 g/mol.